The predicted molar refractivity (Wildman–Crippen MR) is 119 cm³/mol. The lowest BCUT2D eigenvalue weighted by molar-refractivity contribution is 0.415. The van der Waals surface area contributed by atoms with Crippen LogP contribution in [0, 0.1) is 6.92 Å². The molecule has 0 spiro atoms. The summed E-state index contributed by atoms with van der Waals surface area (Å²) in [5.41, 5.74) is 7.97. The van der Waals surface area contributed by atoms with Crippen molar-refractivity contribution in [3.8, 4) is 5.75 Å². The van der Waals surface area contributed by atoms with Crippen molar-refractivity contribution in [3.63, 3.8) is 0 Å². The summed E-state index contributed by atoms with van der Waals surface area (Å²) in [5, 5.41) is 6.82. The molecule has 1 aliphatic rings. The van der Waals surface area contributed by atoms with Crippen molar-refractivity contribution in [2.45, 2.75) is 32.6 Å². The van der Waals surface area contributed by atoms with E-state index in [1.807, 2.05) is 12.3 Å². The highest BCUT2D eigenvalue weighted by Crippen LogP contribution is 2.38. The third-order valence-electron chi connectivity index (χ3n) is 5.86. The molecule has 0 radical (unpaired) electrons. The molecule has 29 heavy (non-hydrogen) atoms. The number of hydrogen-bond acceptors (Lipinski definition) is 6. The Morgan fingerprint density at radius 1 is 1.24 bits per heavy atom. The largest absolute Gasteiger partial charge is 0.497 e. The quantitative estimate of drug-likeness (QED) is 0.390. The number of rotatable bonds is 4. The van der Waals surface area contributed by atoms with Crippen LogP contribution < -0.4 is 10.2 Å². The summed E-state index contributed by atoms with van der Waals surface area (Å²) < 4.78 is 7.58. The number of hydrazone groups is 1. The monoisotopic (exact) mass is 405 g/mol. The predicted octanol–water partition coefficient (Wildman–Crippen LogP) is 4.82. The molecule has 0 fully saturated rings. The van der Waals surface area contributed by atoms with E-state index in [0.29, 0.717) is 0 Å². The van der Waals surface area contributed by atoms with Gasteiger partial charge in [0.05, 0.1) is 18.7 Å². The van der Waals surface area contributed by atoms with Gasteiger partial charge in [-0.25, -0.2) is 9.97 Å². The van der Waals surface area contributed by atoms with Crippen LogP contribution in [0.3, 0.4) is 0 Å². The van der Waals surface area contributed by atoms with Crippen LogP contribution >= 0.6 is 11.3 Å². The maximum absolute atomic E-state index is 5.41. The average Bonchev–Trinajstić information content (AvgIpc) is 3.24. The molecule has 148 valence electrons. The SMILES string of the molecule is COc1ccc2c(c1)c(/C=N\Nc1ncnc3sc4c(c13)CCCC4)c(C)n2C. The fraction of sp³-hybridized carbons (Fsp3) is 0.318. The lowest BCUT2D eigenvalue weighted by Gasteiger charge is -2.11. The van der Waals surface area contributed by atoms with E-state index >= 15 is 0 Å². The first-order valence-electron chi connectivity index (χ1n) is 9.84. The van der Waals surface area contributed by atoms with Gasteiger partial charge in [0.25, 0.3) is 0 Å². The van der Waals surface area contributed by atoms with Crippen molar-refractivity contribution in [3.05, 3.63) is 46.2 Å². The van der Waals surface area contributed by atoms with Crippen LogP contribution in [0.4, 0.5) is 5.82 Å². The summed E-state index contributed by atoms with van der Waals surface area (Å²) in [6.07, 6.45) is 8.24. The molecule has 0 saturated carbocycles. The molecular formula is C22H23N5OS. The molecule has 0 atom stereocenters. The molecule has 1 aromatic carbocycles. The summed E-state index contributed by atoms with van der Waals surface area (Å²) >= 11 is 1.80. The number of benzene rings is 1. The number of anilines is 1. The summed E-state index contributed by atoms with van der Waals surface area (Å²) in [5.74, 6) is 1.63. The molecule has 0 saturated heterocycles. The number of ether oxygens (including phenoxy) is 1. The lowest BCUT2D eigenvalue weighted by atomic mass is 9.97. The molecule has 0 aliphatic heterocycles. The van der Waals surface area contributed by atoms with Crippen LogP contribution in [0.15, 0.2) is 29.6 Å². The summed E-state index contributed by atoms with van der Waals surface area (Å²) in [6.45, 7) is 2.10. The third kappa shape index (κ3) is 2.97. The Hall–Kier alpha value is -2.93. The first-order valence-corrected chi connectivity index (χ1v) is 10.7. The molecule has 0 amide bonds. The first kappa shape index (κ1) is 18.1. The number of aromatic nitrogens is 3. The fourth-order valence-corrected chi connectivity index (χ4v) is 5.43. The van der Waals surface area contributed by atoms with E-state index in [2.05, 4.69) is 51.2 Å². The van der Waals surface area contributed by atoms with Gasteiger partial charge >= 0.3 is 0 Å². The molecule has 0 unspecified atom stereocenters. The average molecular weight is 406 g/mol. The fourth-order valence-electron chi connectivity index (χ4n) is 4.20. The molecule has 1 N–H and O–H groups in total. The van der Waals surface area contributed by atoms with Gasteiger partial charge in [0.1, 0.15) is 16.9 Å². The number of nitrogens with one attached hydrogen (secondary N) is 1. The van der Waals surface area contributed by atoms with Gasteiger partial charge in [-0.15, -0.1) is 11.3 Å². The van der Waals surface area contributed by atoms with Crippen molar-refractivity contribution in [2.24, 2.45) is 12.1 Å². The molecule has 6 nitrogen and oxygen atoms in total. The number of thiophene rings is 1. The maximum Gasteiger partial charge on any atom is 0.158 e. The Morgan fingerprint density at radius 3 is 2.97 bits per heavy atom. The number of fused-ring (bicyclic) bond motifs is 4. The second-order valence-corrected chi connectivity index (χ2v) is 8.51. The van der Waals surface area contributed by atoms with Gasteiger partial charge in [-0.3, -0.25) is 5.43 Å². The smallest absolute Gasteiger partial charge is 0.158 e. The standard InChI is InChI=1S/C22H23N5OS/c1-13-17(16-10-14(28-3)8-9-18(16)27(13)2)11-25-26-21-20-15-6-4-5-7-19(15)29-22(20)24-12-23-21/h8-12H,4-7H2,1-3H3,(H,23,24,26)/b25-11-. The van der Waals surface area contributed by atoms with Gasteiger partial charge in [-0.05, 0) is 56.4 Å². The zero-order valence-corrected chi connectivity index (χ0v) is 17.6. The second-order valence-electron chi connectivity index (χ2n) is 7.42. The number of nitrogens with zero attached hydrogens (tertiary/aromatic N) is 4. The Labute approximate surface area is 173 Å². The van der Waals surface area contributed by atoms with E-state index in [4.69, 9.17) is 4.74 Å². The molecule has 3 heterocycles. The lowest BCUT2D eigenvalue weighted by Crippen LogP contribution is -2.01. The van der Waals surface area contributed by atoms with Crippen LogP contribution in [0.1, 0.15) is 34.5 Å². The molecule has 7 heteroatoms. The Morgan fingerprint density at radius 2 is 2.10 bits per heavy atom. The molecule has 4 aromatic rings. The molecule has 5 rings (SSSR count). The maximum atomic E-state index is 5.41. The van der Waals surface area contributed by atoms with Crippen molar-refractivity contribution in [1.82, 2.24) is 14.5 Å². The van der Waals surface area contributed by atoms with Crippen LogP contribution in [0.2, 0.25) is 0 Å². The summed E-state index contributed by atoms with van der Waals surface area (Å²) in [7, 11) is 3.76. The van der Waals surface area contributed by atoms with Crippen LogP contribution in [0.5, 0.6) is 5.75 Å². The molecule has 0 bridgehead atoms. The third-order valence-corrected chi connectivity index (χ3v) is 7.06. The normalized spacial score (nSPS) is 14.0. The van der Waals surface area contributed by atoms with Gasteiger partial charge in [-0.2, -0.15) is 5.10 Å². The zero-order valence-electron chi connectivity index (χ0n) is 16.8. The zero-order chi connectivity index (χ0) is 20.0. The number of aryl methyl sites for hydroxylation is 3. The van der Waals surface area contributed by atoms with E-state index in [9.17, 15) is 0 Å². The summed E-state index contributed by atoms with van der Waals surface area (Å²) in [6, 6.07) is 6.12. The van der Waals surface area contributed by atoms with Gasteiger partial charge in [-0.1, -0.05) is 0 Å². The minimum Gasteiger partial charge on any atom is -0.497 e. The molecule has 3 aromatic heterocycles. The summed E-state index contributed by atoms with van der Waals surface area (Å²) in [4.78, 5) is 11.5. The Balaban J connectivity index is 1.52. The van der Waals surface area contributed by atoms with Gasteiger partial charge in [0.2, 0.25) is 0 Å². The highest BCUT2D eigenvalue weighted by molar-refractivity contribution is 7.19. The highest BCUT2D eigenvalue weighted by atomic mass is 32.1. The van der Waals surface area contributed by atoms with Crippen LogP contribution in [-0.4, -0.2) is 27.9 Å². The van der Waals surface area contributed by atoms with E-state index in [1.54, 1.807) is 24.8 Å². The molecular weight excluding hydrogens is 382 g/mol. The topological polar surface area (TPSA) is 64.3 Å². The van der Waals surface area contributed by atoms with Crippen molar-refractivity contribution >= 4 is 44.5 Å². The van der Waals surface area contributed by atoms with Gasteiger partial charge in [0, 0.05) is 34.1 Å². The number of hydrogen-bond donors (Lipinski definition) is 1. The van der Waals surface area contributed by atoms with Gasteiger partial charge < -0.3 is 9.30 Å². The van der Waals surface area contributed by atoms with Crippen LogP contribution in [0.25, 0.3) is 21.1 Å². The minimum atomic E-state index is 0.793. The van der Waals surface area contributed by atoms with Crippen molar-refractivity contribution in [2.75, 3.05) is 12.5 Å². The van der Waals surface area contributed by atoms with Crippen LogP contribution in [-0.2, 0) is 19.9 Å². The Bertz CT molecular complexity index is 1250. The van der Waals surface area contributed by atoms with E-state index in [0.717, 1.165) is 56.8 Å². The second kappa shape index (κ2) is 7.15. The first-order chi connectivity index (χ1) is 14.2. The van der Waals surface area contributed by atoms with E-state index in [-0.39, 0.29) is 0 Å². The van der Waals surface area contributed by atoms with Crippen molar-refractivity contribution < 1.29 is 4.74 Å². The highest BCUT2D eigenvalue weighted by Gasteiger charge is 2.19. The van der Waals surface area contributed by atoms with Crippen molar-refractivity contribution in [1.29, 1.82) is 0 Å². The van der Waals surface area contributed by atoms with E-state index in [1.165, 1.54) is 23.3 Å². The Kier molecular flexibility index (Phi) is 4.47. The number of methoxy groups -OCH3 is 1. The van der Waals surface area contributed by atoms with E-state index < -0.39 is 0 Å². The minimum absolute atomic E-state index is 0.793. The molecule has 1 aliphatic carbocycles. The van der Waals surface area contributed by atoms with Gasteiger partial charge in [0.15, 0.2) is 5.82 Å².